The maximum Gasteiger partial charge on any atom is 0.258 e. The first-order valence-corrected chi connectivity index (χ1v) is 11.5. The number of hydrogen-bond acceptors (Lipinski definition) is 7. The zero-order valence-corrected chi connectivity index (χ0v) is 18.9. The second kappa shape index (κ2) is 8.54. The van der Waals surface area contributed by atoms with E-state index in [0.717, 1.165) is 61.9 Å². The molecular weight excluding hydrogens is 432 g/mol. The molecule has 0 atom stereocenters. The topological polar surface area (TPSA) is 104 Å². The number of anilines is 2. The van der Waals surface area contributed by atoms with E-state index in [1.807, 2.05) is 49.5 Å². The van der Waals surface area contributed by atoms with Crippen molar-refractivity contribution in [3.05, 3.63) is 54.2 Å². The maximum atomic E-state index is 12.8. The number of ether oxygens (including phenoxy) is 1. The Bertz CT molecular complexity index is 1280. The van der Waals surface area contributed by atoms with Gasteiger partial charge in [-0.2, -0.15) is 5.10 Å². The molecule has 0 radical (unpaired) electrons. The van der Waals surface area contributed by atoms with Crippen LogP contribution < -0.4 is 10.2 Å². The van der Waals surface area contributed by atoms with E-state index in [0.29, 0.717) is 23.2 Å². The number of para-hydroxylation sites is 2. The average Bonchev–Trinajstić information content (AvgIpc) is 3.41. The Kier molecular flexibility index (Phi) is 5.23. The van der Waals surface area contributed by atoms with E-state index in [4.69, 9.17) is 4.74 Å². The molecule has 0 unspecified atom stereocenters. The van der Waals surface area contributed by atoms with Crippen LogP contribution in [0, 0.1) is 0 Å². The van der Waals surface area contributed by atoms with Gasteiger partial charge in [-0.25, -0.2) is 9.97 Å². The van der Waals surface area contributed by atoms with Crippen molar-refractivity contribution >= 4 is 28.6 Å². The highest BCUT2D eigenvalue weighted by Crippen LogP contribution is 2.23. The van der Waals surface area contributed by atoms with Gasteiger partial charge >= 0.3 is 0 Å². The smallest absolute Gasteiger partial charge is 0.258 e. The summed E-state index contributed by atoms with van der Waals surface area (Å²) >= 11 is 0. The molecule has 6 rings (SSSR count). The quantitative estimate of drug-likeness (QED) is 0.472. The number of piperazine rings is 1. The Morgan fingerprint density at radius 3 is 2.65 bits per heavy atom. The first-order chi connectivity index (χ1) is 16.6. The third-order valence-corrected chi connectivity index (χ3v) is 6.54. The predicted molar refractivity (Wildman–Crippen MR) is 129 cm³/mol. The molecule has 10 heteroatoms. The summed E-state index contributed by atoms with van der Waals surface area (Å²) in [5, 5.41) is 7.30. The van der Waals surface area contributed by atoms with Crippen LogP contribution in [0.5, 0.6) is 0 Å². The monoisotopic (exact) mass is 458 g/mol. The molecule has 2 fully saturated rings. The molecular formula is C24H26N8O2. The van der Waals surface area contributed by atoms with E-state index in [1.54, 1.807) is 10.9 Å². The number of H-pyrrole nitrogens is 1. The van der Waals surface area contributed by atoms with Gasteiger partial charge < -0.3 is 19.9 Å². The fraction of sp³-hybridized carbons (Fsp3) is 0.333. The fourth-order valence-electron chi connectivity index (χ4n) is 4.47. The number of aromatic nitrogens is 5. The predicted octanol–water partition coefficient (Wildman–Crippen LogP) is 2.13. The number of nitrogens with zero attached hydrogens (tertiary/aromatic N) is 6. The molecule has 1 aromatic carbocycles. The van der Waals surface area contributed by atoms with Gasteiger partial charge in [0.1, 0.15) is 11.5 Å². The Balaban J connectivity index is 1.11. The molecule has 5 heterocycles. The lowest BCUT2D eigenvalue weighted by atomic mass is 10.2. The number of fused-ring (bicyclic) bond motifs is 1. The van der Waals surface area contributed by atoms with Gasteiger partial charge in [0.25, 0.3) is 5.91 Å². The molecule has 4 aromatic rings. The molecule has 0 bridgehead atoms. The van der Waals surface area contributed by atoms with Crippen LogP contribution in [-0.4, -0.2) is 81.0 Å². The van der Waals surface area contributed by atoms with E-state index in [9.17, 15) is 4.79 Å². The van der Waals surface area contributed by atoms with Crippen molar-refractivity contribution in [1.29, 1.82) is 0 Å². The van der Waals surface area contributed by atoms with Crippen LogP contribution in [0.4, 0.5) is 11.6 Å². The average molecular weight is 459 g/mol. The number of rotatable bonds is 5. The van der Waals surface area contributed by atoms with Crippen LogP contribution in [0.2, 0.25) is 0 Å². The maximum absolute atomic E-state index is 12.8. The van der Waals surface area contributed by atoms with Crippen molar-refractivity contribution in [3.63, 3.8) is 0 Å². The lowest BCUT2D eigenvalue weighted by Crippen LogP contribution is -2.56. The van der Waals surface area contributed by atoms with E-state index >= 15 is 0 Å². The minimum absolute atomic E-state index is 0.247. The summed E-state index contributed by atoms with van der Waals surface area (Å²) in [6, 6.07) is 13.9. The molecule has 34 heavy (non-hydrogen) atoms. The molecule has 0 aliphatic carbocycles. The highest BCUT2D eigenvalue weighted by atomic mass is 16.5. The number of nitrogens with one attached hydrogen (secondary N) is 2. The number of carbonyl (C=O) groups is 1. The van der Waals surface area contributed by atoms with Gasteiger partial charge in [0.2, 0.25) is 0 Å². The highest BCUT2D eigenvalue weighted by Gasteiger charge is 2.29. The number of hydrogen-bond donors (Lipinski definition) is 2. The lowest BCUT2D eigenvalue weighted by molar-refractivity contribution is -0.0661. The van der Waals surface area contributed by atoms with Gasteiger partial charge in [0, 0.05) is 45.5 Å². The van der Waals surface area contributed by atoms with Gasteiger partial charge in [-0.15, -0.1) is 0 Å². The van der Waals surface area contributed by atoms with Crippen molar-refractivity contribution in [2.75, 3.05) is 49.6 Å². The van der Waals surface area contributed by atoms with Crippen molar-refractivity contribution in [3.8, 4) is 11.5 Å². The van der Waals surface area contributed by atoms with Crippen LogP contribution in [0.15, 0.2) is 48.7 Å². The van der Waals surface area contributed by atoms with Gasteiger partial charge in [-0.3, -0.25) is 14.4 Å². The number of pyridine rings is 1. The molecule has 174 valence electrons. The van der Waals surface area contributed by atoms with Crippen molar-refractivity contribution < 1.29 is 9.53 Å². The van der Waals surface area contributed by atoms with Gasteiger partial charge in [0.15, 0.2) is 11.6 Å². The standard InChI is InChI=1S/C24H26N8O2/c1-30-20(23-26-18-4-2-3-5-19(18)27-23)12-21(29-30)28-24(33)16-6-7-22(25-13-16)32-10-8-31(9-11-32)17-14-34-15-17/h2-7,12-13,17H,8-11,14-15H2,1H3,(H,26,27)(H,28,29,33). The third kappa shape index (κ3) is 3.91. The second-order valence-electron chi connectivity index (χ2n) is 8.71. The number of benzene rings is 1. The second-order valence-corrected chi connectivity index (χ2v) is 8.71. The molecule has 3 aromatic heterocycles. The largest absolute Gasteiger partial charge is 0.378 e. The fourth-order valence-corrected chi connectivity index (χ4v) is 4.47. The van der Waals surface area contributed by atoms with Crippen molar-refractivity contribution in [2.24, 2.45) is 7.05 Å². The summed E-state index contributed by atoms with van der Waals surface area (Å²) in [6.07, 6.45) is 1.62. The van der Waals surface area contributed by atoms with Crippen LogP contribution in [0.1, 0.15) is 10.4 Å². The van der Waals surface area contributed by atoms with E-state index in [-0.39, 0.29) is 5.91 Å². The van der Waals surface area contributed by atoms with Crippen molar-refractivity contribution in [1.82, 2.24) is 29.6 Å². The summed E-state index contributed by atoms with van der Waals surface area (Å²) in [5.41, 5.74) is 3.11. The molecule has 2 saturated heterocycles. The number of aromatic amines is 1. The Morgan fingerprint density at radius 2 is 1.94 bits per heavy atom. The molecule has 0 spiro atoms. The minimum atomic E-state index is -0.247. The summed E-state index contributed by atoms with van der Waals surface area (Å²) in [4.78, 5) is 30.0. The molecule has 2 N–H and O–H groups in total. The Labute approximate surface area is 196 Å². The normalized spacial score (nSPS) is 17.1. The summed E-state index contributed by atoms with van der Waals surface area (Å²) in [7, 11) is 1.83. The molecule has 10 nitrogen and oxygen atoms in total. The van der Waals surface area contributed by atoms with Crippen LogP contribution in [0.3, 0.4) is 0 Å². The minimum Gasteiger partial charge on any atom is -0.378 e. The molecule has 2 aliphatic heterocycles. The first-order valence-electron chi connectivity index (χ1n) is 11.5. The van der Waals surface area contributed by atoms with E-state index in [2.05, 4.69) is 35.2 Å². The number of carbonyl (C=O) groups excluding carboxylic acids is 1. The third-order valence-electron chi connectivity index (χ3n) is 6.54. The summed E-state index contributed by atoms with van der Waals surface area (Å²) in [6.45, 7) is 5.55. The molecule has 1 amide bonds. The van der Waals surface area contributed by atoms with Crippen LogP contribution in [0.25, 0.3) is 22.6 Å². The van der Waals surface area contributed by atoms with Gasteiger partial charge in [-0.1, -0.05) is 12.1 Å². The van der Waals surface area contributed by atoms with Gasteiger partial charge in [-0.05, 0) is 24.3 Å². The Hall–Kier alpha value is -3.76. The zero-order valence-electron chi connectivity index (χ0n) is 18.9. The number of amides is 1. The summed E-state index contributed by atoms with van der Waals surface area (Å²) in [5.74, 6) is 1.81. The number of imidazole rings is 1. The zero-order chi connectivity index (χ0) is 23.1. The molecule has 0 saturated carbocycles. The molecule has 2 aliphatic rings. The Morgan fingerprint density at radius 1 is 1.12 bits per heavy atom. The first kappa shape index (κ1) is 20.8. The highest BCUT2D eigenvalue weighted by molar-refractivity contribution is 6.03. The van der Waals surface area contributed by atoms with Gasteiger partial charge in [0.05, 0.1) is 35.9 Å². The van der Waals surface area contributed by atoms with Crippen LogP contribution in [-0.2, 0) is 11.8 Å². The van der Waals surface area contributed by atoms with Crippen molar-refractivity contribution in [2.45, 2.75) is 6.04 Å². The lowest BCUT2D eigenvalue weighted by Gasteiger charge is -2.42. The van der Waals surface area contributed by atoms with E-state index in [1.165, 1.54) is 0 Å². The van der Waals surface area contributed by atoms with E-state index < -0.39 is 0 Å². The number of aryl methyl sites for hydroxylation is 1. The SMILES string of the molecule is Cn1nc(NC(=O)c2ccc(N3CCN(C4COC4)CC3)nc2)cc1-c1nc2ccccc2[nH]1. The van der Waals surface area contributed by atoms with Crippen LogP contribution >= 0.6 is 0 Å². The summed E-state index contributed by atoms with van der Waals surface area (Å²) < 4.78 is 7.00.